The summed E-state index contributed by atoms with van der Waals surface area (Å²) in [5.74, 6) is 0.860. The minimum atomic E-state index is -5.32. The monoisotopic (exact) mass is 1280 g/mol. The molecule has 0 saturated carbocycles. The van der Waals surface area contributed by atoms with Crippen LogP contribution in [0.15, 0.2) is 0 Å². The molecule has 0 bridgehead atoms. The van der Waals surface area contributed by atoms with Crippen molar-refractivity contribution in [1.29, 1.82) is 0 Å². The summed E-state index contributed by atoms with van der Waals surface area (Å²) in [6.07, 6.45) is 23.4. The normalized spacial score (nSPS) is 25.7. The minimum Gasteiger partial charge on any atom is -0.455 e. The number of ether oxygens (including phenoxy) is 5. The van der Waals surface area contributed by atoms with Crippen LogP contribution in [0.5, 0.6) is 0 Å². The molecule has 0 unspecified atom stereocenters. The maximum atomic E-state index is 14.1. The number of rotatable bonds is 54. The summed E-state index contributed by atoms with van der Waals surface area (Å²) in [6, 6.07) is 0. The second-order valence-corrected chi connectivity index (χ2v) is 29.4. The predicted octanol–water partition coefficient (Wildman–Crippen LogP) is 14.5. The van der Waals surface area contributed by atoms with Crippen LogP contribution in [0.3, 0.4) is 0 Å². The zero-order valence-electron chi connectivity index (χ0n) is 57.2. The lowest BCUT2D eigenvalue weighted by molar-refractivity contribution is -0.374. The molecule has 2 fully saturated rings. The molecule has 0 amide bonds. The van der Waals surface area contributed by atoms with E-state index in [2.05, 4.69) is 66.5 Å². The average Bonchev–Trinajstić information content (AvgIpc) is 3.09. The van der Waals surface area contributed by atoms with Crippen molar-refractivity contribution in [3.63, 3.8) is 0 Å². The summed E-state index contributed by atoms with van der Waals surface area (Å²) in [4.78, 5) is 27.8. The fourth-order valence-electron chi connectivity index (χ4n) is 14.2. The Balaban J connectivity index is 1.96. The summed E-state index contributed by atoms with van der Waals surface area (Å²) in [5.41, 5.74) is 0. The smallest absolute Gasteiger partial charge is 0.397 e. The number of unbranched alkanes of at least 4 members (excludes halogenated alkanes) is 26. The number of esters is 2. The Kier molecular flexibility index (Phi) is 45.2. The largest absolute Gasteiger partial charge is 0.455 e. The van der Waals surface area contributed by atoms with E-state index in [-0.39, 0.29) is 18.4 Å². The van der Waals surface area contributed by atoms with Crippen molar-refractivity contribution in [3.05, 3.63) is 0 Å². The van der Waals surface area contributed by atoms with Crippen LogP contribution in [0.2, 0.25) is 0 Å². The number of aliphatic hydroxyl groups excluding tert-OH is 6. The Morgan fingerprint density at radius 1 is 0.443 bits per heavy atom. The molecule has 88 heavy (non-hydrogen) atoms. The molecule has 2 rings (SSSR count). The van der Waals surface area contributed by atoms with Gasteiger partial charge in [0.25, 0.3) is 0 Å². The Morgan fingerprint density at radius 3 is 1.19 bits per heavy atom. The van der Waals surface area contributed by atoms with Crippen LogP contribution in [0, 0.1) is 47.3 Å². The molecular weight excluding hydrogens is 1140 g/mol. The van der Waals surface area contributed by atoms with Crippen molar-refractivity contribution >= 4 is 22.3 Å². The van der Waals surface area contributed by atoms with Crippen molar-refractivity contribution in [2.24, 2.45) is 47.3 Å². The van der Waals surface area contributed by atoms with Crippen LogP contribution < -0.4 is 0 Å². The highest BCUT2D eigenvalue weighted by molar-refractivity contribution is 7.80. The van der Waals surface area contributed by atoms with Crippen LogP contribution in [-0.4, -0.2) is 136 Å². The second kappa shape index (κ2) is 48.2. The molecule has 2 saturated heterocycles. The van der Waals surface area contributed by atoms with Crippen molar-refractivity contribution in [2.45, 2.75) is 374 Å². The molecule has 0 aliphatic carbocycles. The summed E-state index contributed by atoms with van der Waals surface area (Å²) >= 11 is 0. The maximum absolute atomic E-state index is 14.1. The van der Waals surface area contributed by atoms with Crippen molar-refractivity contribution in [2.75, 3.05) is 13.2 Å². The van der Waals surface area contributed by atoms with E-state index in [1.807, 2.05) is 0 Å². The van der Waals surface area contributed by atoms with Gasteiger partial charge in [0.05, 0.1) is 25.2 Å². The van der Waals surface area contributed by atoms with Crippen molar-refractivity contribution < 1.29 is 81.1 Å². The Hall–Kier alpha value is -1.55. The lowest BCUT2D eigenvalue weighted by Gasteiger charge is -2.46. The topological polar surface area (TPSA) is 265 Å². The third-order valence-electron chi connectivity index (χ3n) is 18.8. The van der Waals surface area contributed by atoms with E-state index < -0.39 is 103 Å². The molecule has 18 heteroatoms. The first-order valence-electron chi connectivity index (χ1n) is 35.9. The van der Waals surface area contributed by atoms with Gasteiger partial charge < -0.3 is 54.3 Å². The van der Waals surface area contributed by atoms with Crippen LogP contribution >= 0.6 is 0 Å². The molecule has 522 valence electrons. The molecule has 0 spiro atoms. The van der Waals surface area contributed by atoms with Crippen LogP contribution in [0.1, 0.15) is 307 Å². The molecule has 17 nitrogen and oxygen atoms in total. The Bertz CT molecular complexity index is 1840. The van der Waals surface area contributed by atoms with Crippen molar-refractivity contribution in [1.82, 2.24) is 0 Å². The van der Waals surface area contributed by atoms with Gasteiger partial charge in [0.15, 0.2) is 24.6 Å². The predicted molar refractivity (Wildman–Crippen MR) is 348 cm³/mol. The highest BCUT2D eigenvalue weighted by Crippen LogP contribution is 2.36. The molecule has 0 aromatic carbocycles. The van der Waals surface area contributed by atoms with Gasteiger partial charge >= 0.3 is 22.3 Å². The van der Waals surface area contributed by atoms with E-state index in [1.54, 1.807) is 6.92 Å². The van der Waals surface area contributed by atoms with Gasteiger partial charge in [-0.15, -0.1) is 0 Å². The first-order chi connectivity index (χ1) is 41.9. The van der Waals surface area contributed by atoms with E-state index in [0.29, 0.717) is 48.3 Å². The van der Waals surface area contributed by atoms with Crippen LogP contribution in [0.4, 0.5) is 0 Å². The Morgan fingerprint density at radius 2 is 0.795 bits per heavy atom. The number of hydrogen-bond acceptors (Lipinski definition) is 16. The fourth-order valence-corrected chi connectivity index (χ4v) is 14.7. The zero-order chi connectivity index (χ0) is 65.4. The van der Waals surface area contributed by atoms with Crippen LogP contribution in [-0.2, 0) is 47.9 Å². The molecule has 0 radical (unpaired) electrons. The first kappa shape index (κ1) is 82.5. The Labute approximate surface area is 536 Å². The van der Waals surface area contributed by atoms with Crippen molar-refractivity contribution in [3.8, 4) is 0 Å². The van der Waals surface area contributed by atoms with E-state index in [1.165, 1.54) is 135 Å². The SMILES string of the molecule is CCCCCCCCCCCCCCCCCC(=O)O[C@@H]1[C@H](O[C@H]2O[C@H](CO)[C@@H](O)[C@H](O)[C@H]2OS(=O)(=O)O)O[C@@H](CO)[C@H](O)[C@H]1OC(=O)[C@H](C)C[C@H](C)C[C@H](C)C[C@H](C)C[C@H](C)C[C@H](C)C[C@H](C)C[C@H](C)[C@H](O)CCCCCCCCCCCCCCC. The summed E-state index contributed by atoms with van der Waals surface area (Å²) in [7, 11) is -5.32. The summed E-state index contributed by atoms with van der Waals surface area (Å²) in [6.45, 7) is 20.5. The third-order valence-corrected chi connectivity index (χ3v) is 19.3. The van der Waals surface area contributed by atoms with Gasteiger partial charge in [-0.25, -0.2) is 4.18 Å². The fraction of sp³-hybridized carbons (Fsp3) is 0.971. The van der Waals surface area contributed by atoms with Gasteiger partial charge in [0.2, 0.25) is 6.29 Å². The summed E-state index contributed by atoms with van der Waals surface area (Å²) < 4.78 is 67.5. The molecule has 0 aromatic rings. The molecule has 7 N–H and O–H groups in total. The molecule has 2 aliphatic rings. The van der Waals surface area contributed by atoms with Gasteiger partial charge in [0.1, 0.15) is 30.5 Å². The molecule has 0 aromatic heterocycles. The quantitative estimate of drug-likeness (QED) is 0.0169. The lowest BCUT2D eigenvalue weighted by atomic mass is 9.80. The summed E-state index contributed by atoms with van der Waals surface area (Å²) in [5, 5.41) is 64.4. The maximum Gasteiger partial charge on any atom is 0.397 e. The number of aliphatic hydroxyl groups is 6. The van der Waals surface area contributed by atoms with E-state index in [9.17, 15) is 53.2 Å². The highest BCUT2D eigenvalue weighted by Gasteiger charge is 2.55. The standard InChI is InChI=1S/C70H134O17S/c1-11-13-15-17-19-21-23-25-26-28-30-32-34-36-38-40-61(74)84-67-65(63(76)60(49-72)83-70(67)86-69-66(87-88(79,80)81)64(77)62(75)59(48-71)82-69)85-68(78)57(10)47-55(8)45-53(6)43-51(4)41-50(3)42-52(5)44-54(7)46-56(9)58(73)39-37-35-33-31-29-27-24-22-20-18-16-14-12-2/h50-60,62-67,69-73,75-77H,11-49H2,1-10H3,(H,79,80,81)/t50-,51+,52-,53+,54-,55+,56-,57+,58+,59+,60-,62+,63-,64-,65+,66+,67-,69+,70-/m0/s1. The van der Waals surface area contributed by atoms with E-state index >= 15 is 0 Å². The van der Waals surface area contributed by atoms with Gasteiger partial charge in [-0.3, -0.25) is 14.1 Å². The average molecular weight is 1280 g/mol. The zero-order valence-corrected chi connectivity index (χ0v) is 58.0. The number of carbonyl (C=O) groups is 2. The van der Waals surface area contributed by atoms with Gasteiger partial charge in [0, 0.05) is 6.42 Å². The van der Waals surface area contributed by atoms with Gasteiger partial charge in [-0.2, -0.15) is 8.42 Å². The third kappa shape index (κ3) is 36.2. The van der Waals surface area contributed by atoms with Gasteiger partial charge in [-0.1, -0.05) is 243 Å². The minimum absolute atomic E-state index is 0.0545. The molecule has 2 heterocycles. The highest BCUT2D eigenvalue weighted by atomic mass is 32.3. The molecule has 19 atom stereocenters. The van der Waals surface area contributed by atoms with Gasteiger partial charge in [-0.05, 0) is 99.2 Å². The van der Waals surface area contributed by atoms with E-state index in [0.717, 1.165) is 83.5 Å². The first-order valence-corrected chi connectivity index (χ1v) is 37.3. The molecule has 2 aliphatic heterocycles. The van der Waals surface area contributed by atoms with E-state index in [4.69, 9.17) is 23.7 Å². The second-order valence-electron chi connectivity index (χ2n) is 28.4. The van der Waals surface area contributed by atoms with Crippen LogP contribution in [0.25, 0.3) is 0 Å². The molecular formula is C70H134O17S. The number of hydrogen-bond donors (Lipinski definition) is 7. The lowest BCUT2D eigenvalue weighted by Crippen LogP contribution is -2.65. The number of carbonyl (C=O) groups excluding carboxylic acids is 2.